The van der Waals surface area contributed by atoms with Gasteiger partial charge in [0.1, 0.15) is 5.69 Å². The van der Waals surface area contributed by atoms with Crippen LogP contribution < -0.4 is 0 Å². The summed E-state index contributed by atoms with van der Waals surface area (Å²) in [5.74, 6) is -0.348. The standard InChI is InChI=1S/C13H15NO3/c1-17-13(16)12-9-10-5-2-3-6-11(10)14(12)7-4-8-15/h2-3,5-6,9,15H,4,7-8H2,1H3. The second-order valence-corrected chi connectivity index (χ2v) is 3.81. The lowest BCUT2D eigenvalue weighted by Gasteiger charge is -2.08. The zero-order valence-corrected chi connectivity index (χ0v) is 9.72. The summed E-state index contributed by atoms with van der Waals surface area (Å²) in [6.45, 7) is 0.710. The van der Waals surface area contributed by atoms with Gasteiger partial charge in [-0.25, -0.2) is 4.79 Å². The van der Waals surface area contributed by atoms with Gasteiger partial charge in [0.2, 0.25) is 0 Å². The van der Waals surface area contributed by atoms with Gasteiger partial charge in [-0.05, 0) is 18.6 Å². The number of nitrogens with zero attached hydrogens (tertiary/aromatic N) is 1. The lowest BCUT2D eigenvalue weighted by Crippen LogP contribution is -2.11. The molecule has 0 aliphatic rings. The van der Waals surface area contributed by atoms with Gasteiger partial charge in [-0.2, -0.15) is 0 Å². The normalized spacial score (nSPS) is 10.7. The molecule has 1 aromatic carbocycles. The van der Waals surface area contributed by atoms with Gasteiger partial charge in [0.15, 0.2) is 0 Å². The highest BCUT2D eigenvalue weighted by molar-refractivity contribution is 5.95. The predicted molar refractivity (Wildman–Crippen MR) is 65.0 cm³/mol. The number of rotatable bonds is 4. The van der Waals surface area contributed by atoms with Crippen LogP contribution in [0.25, 0.3) is 10.9 Å². The molecule has 0 aliphatic carbocycles. The van der Waals surface area contributed by atoms with Crippen LogP contribution in [0.15, 0.2) is 30.3 Å². The maximum atomic E-state index is 11.7. The Morgan fingerprint density at radius 2 is 2.18 bits per heavy atom. The van der Waals surface area contributed by atoms with E-state index in [4.69, 9.17) is 9.84 Å². The van der Waals surface area contributed by atoms with Crippen LogP contribution in [0, 0.1) is 0 Å². The number of esters is 1. The molecule has 0 atom stereocenters. The summed E-state index contributed by atoms with van der Waals surface area (Å²) in [6, 6.07) is 9.59. The van der Waals surface area contributed by atoms with Crippen molar-refractivity contribution in [2.45, 2.75) is 13.0 Å². The molecule has 0 fully saturated rings. The third kappa shape index (κ3) is 2.17. The molecule has 0 amide bonds. The number of para-hydroxylation sites is 1. The van der Waals surface area contributed by atoms with Gasteiger partial charge < -0.3 is 14.4 Å². The average molecular weight is 233 g/mol. The molecule has 0 bridgehead atoms. The molecular formula is C13H15NO3. The number of aryl methyl sites for hydroxylation is 1. The number of ether oxygens (including phenoxy) is 1. The minimum Gasteiger partial charge on any atom is -0.464 e. The van der Waals surface area contributed by atoms with Crippen molar-refractivity contribution in [1.29, 1.82) is 0 Å². The molecule has 17 heavy (non-hydrogen) atoms. The number of aliphatic hydroxyl groups excluding tert-OH is 1. The summed E-state index contributed by atoms with van der Waals surface area (Å²) in [5.41, 5.74) is 1.52. The topological polar surface area (TPSA) is 51.5 Å². The molecule has 0 saturated carbocycles. The molecule has 1 heterocycles. The van der Waals surface area contributed by atoms with Crippen molar-refractivity contribution in [1.82, 2.24) is 4.57 Å². The molecule has 2 rings (SSSR count). The Kier molecular flexibility index (Phi) is 3.44. The molecule has 0 unspecified atom stereocenters. The summed E-state index contributed by atoms with van der Waals surface area (Å²) < 4.78 is 6.65. The van der Waals surface area contributed by atoms with Crippen LogP contribution >= 0.6 is 0 Å². The summed E-state index contributed by atoms with van der Waals surface area (Å²) in [7, 11) is 1.37. The number of aliphatic hydroxyl groups is 1. The Labute approximate surface area is 99.4 Å². The van der Waals surface area contributed by atoms with E-state index in [1.54, 1.807) is 0 Å². The molecule has 1 N–H and O–H groups in total. The zero-order chi connectivity index (χ0) is 12.3. The van der Waals surface area contributed by atoms with Crippen molar-refractivity contribution in [3.63, 3.8) is 0 Å². The minimum atomic E-state index is -0.348. The fourth-order valence-corrected chi connectivity index (χ4v) is 1.95. The fourth-order valence-electron chi connectivity index (χ4n) is 1.95. The highest BCUT2D eigenvalue weighted by Gasteiger charge is 2.15. The van der Waals surface area contributed by atoms with Crippen molar-refractivity contribution in [3.05, 3.63) is 36.0 Å². The van der Waals surface area contributed by atoms with E-state index in [0.717, 1.165) is 10.9 Å². The fraction of sp³-hybridized carbons (Fsp3) is 0.308. The number of hydrogen-bond acceptors (Lipinski definition) is 3. The van der Waals surface area contributed by atoms with E-state index in [0.29, 0.717) is 18.7 Å². The van der Waals surface area contributed by atoms with Crippen LogP contribution in [0.3, 0.4) is 0 Å². The van der Waals surface area contributed by atoms with Crippen LogP contribution in [0.4, 0.5) is 0 Å². The average Bonchev–Trinajstić information content (AvgIpc) is 2.74. The molecule has 4 heteroatoms. The molecule has 2 aromatic rings. The first-order valence-corrected chi connectivity index (χ1v) is 5.55. The van der Waals surface area contributed by atoms with Crippen LogP contribution in [0.5, 0.6) is 0 Å². The van der Waals surface area contributed by atoms with E-state index >= 15 is 0 Å². The molecule has 90 valence electrons. The Bertz CT molecular complexity index is 530. The van der Waals surface area contributed by atoms with Crippen LogP contribution in [-0.2, 0) is 11.3 Å². The lowest BCUT2D eigenvalue weighted by molar-refractivity contribution is 0.0588. The smallest absolute Gasteiger partial charge is 0.354 e. The Morgan fingerprint density at radius 3 is 2.88 bits per heavy atom. The van der Waals surface area contributed by atoms with Gasteiger partial charge in [0.05, 0.1) is 7.11 Å². The first kappa shape index (κ1) is 11.7. The van der Waals surface area contributed by atoms with Crippen molar-refractivity contribution in [3.8, 4) is 0 Å². The van der Waals surface area contributed by atoms with E-state index in [1.807, 2.05) is 34.9 Å². The Morgan fingerprint density at radius 1 is 1.41 bits per heavy atom. The number of benzene rings is 1. The monoisotopic (exact) mass is 233 g/mol. The van der Waals surface area contributed by atoms with E-state index in [2.05, 4.69) is 0 Å². The number of fused-ring (bicyclic) bond motifs is 1. The number of carbonyl (C=O) groups excluding carboxylic acids is 1. The van der Waals surface area contributed by atoms with Gasteiger partial charge in [-0.1, -0.05) is 18.2 Å². The van der Waals surface area contributed by atoms with Gasteiger partial charge in [-0.15, -0.1) is 0 Å². The van der Waals surface area contributed by atoms with Crippen LogP contribution in [0.2, 0.25) is 0 Å². The maximum Gasteiger partial charge on any atom is 0.354 e. The molecule has 1 aromatic heterocycles. The first-order valence-electron chi connectivity index (χ1n) is 5.55. The largest absolute Gasteiger partial charge is 0.464 e. The van der Waals surface area contributed by atoms with Crippen LogP contribution in [0.1, 0.15) is 16.9 Å². The second kappa shape index (κ2) is 5.01. The summed E-state index contributed by atoms with van der Waals surface area (Å²) in [6.07, 6.45) is 0.614. The zero-order valence-electron chi connectivity index (χ0n) is 9.72. The number of hydrogen-bond donors (Lipinski definition) is 1. The van der Waals surface area contributed by atoms with Crippen molar-refractivity contribution in [2.24, 2.45) is 0 Å². The van der Waals surface area contributed by atoms with Gasteiger partial charge in [-0.3, -0.25) is 0 Å². The number of methoxy groups -OCH3 is 1. The van der Waals surface area contributed by atoms with Gasteiger partial charge in [0, 0.05) is 24.1 Å². The van der Waals surface area contributed by atoms with E-state index in [-0.39, 0.29) is 12.6 Å². The van der Waals surface area contributed by atoms with E-state index < -0.39 is 0 Å². The lowest BCUT2D eigenvalue weighted by atomic mass is 10.2. The molecular weight excluding hydrogens is 218 g/mol. The van der Waals surface area contributed by atoms with Crippen molar-refractivity contribution >= 4 is 16.9 Å². The third-order valence-corrected chi connectivity index (χ3v) is 2.74. The Balaban J connectivity index is 2.52. The number of aromatic nitrogens is 1. The molecule has 0 radical (unpaired) electrons. The predicted octanol–water partition coefficient (Wildman–Crippen LogP) is 1.81. The molecule has 0 saturated heterocycles. The van der Waals surface area contributed by atoms with E-state index in [1.165, 1.54) is 7.11 Å². The summed E-state index contributed by atoms with van der Waals surface area (Å²) in [5, 5.41) is 9.90. The molecule has 0 spiro atoms. The van der Waals surface area contributed by atoms with Gasteiger partial charge >= 0.3 is 5.97 Å². The van der Waals surface area contributed by atoms with Gasteiger partial charge in [0.25, 0.3) is 0 Å². The minimum absolute atomic E-state index is 0.104. The van der Waals surface area contributed by atoms with Crippen LogP contribution in [-0.4, -0.2) is 29.4 Å². The molecule has 0 aliphatic heterocycles. The second-order valence-electron chi connectivity index (χ2n) is 3.81. The van der Waals surface area contributed by atoms with Crippen molar-refractivity contribution in [2.75, 3.05) is 13.7 Å². The summed E-state index contributed by atoms with van der Waals surface area (Å²) in [4.78, 5) is 11.7. The highest BCUT2D eigenvalue weighted by atomic mass is 16.5. The Hall–Kier alpha value is -1.81. The SMILES string of the molecule is COC(=O)c1cc2ccccc2n1CCCO. The summed E-state index contributed by atoms with van der Waals surface area (Å²) >= 11 is 0. The highest BCUT2D eigenvalue weighted by Crippen LogP contribution is 2.20. The first-order chi connectivity index (χ1) is 8.27. The van der Waals surface area contributed by atoms with Crippen molar-refractivity contribution < 1.29 is 14.6 Å². The third-order valence-electron chi connectivity index (χ3n) is 2.74. The number of carbonyl (C=O) groups is 1. The quantitative estimate of drug-likeness (QED) is 0.819. The van der Waals surface area contributed by atoms with E-state index in [9.17, 15) is 4.79 Å². The maximum absolute atomic E-state index is 11.7. The molecule has 4 nitrogen and oxygen atoms in total.